The molecule has 0 bridgehead atoms. The summed E-state index contributed by atoms with van der Waals surface area (Å²) in [7, 11) is 2.07. The molecule has 0 spiro atoms. The van der Waals surface area contributed by atoms with Crippen molar-refractivity contribution in [1.29, 1.82) is 0 Å². The Morgan fingerprint density at radius 2 is 2.04 bits per heavy atom. The first-order valence-electron chi connectivity index (χ1n) is 9.33. The highest BCUT2D eigenvalue weighted by molar-refractivity contribution is 5.92. The topological polar surface area (TPSA) is 37.3 Å². The number of benzene rings is 1. The number of aryl methyl sites for hydroxylation is 1. The van der Waals surface area contributed by atoms with Gasteiger partial charge >= 0.3 is 0 Å². The Hall–Kier alpha value is -2.07. The van der Waals surface area contributed by atoms with Gasteiger partial charge in [0.05, 0.1) is 12.6 Å². The van der Waals surface area contributed by atoms with Crippen LogP contribution in [0.3, 0.4) is 0 Å². The standard InChI is InChI=1S/C21H29N3O/c1-4-16(2)17-9-11-18(12-10-17)22-21(25)15-24-14-6-8-20(24)19-7-5-13-23(19)3/h5,7,9-13,16,20H,4,6,8,14-15H2,1-3H3,(H,22,25)/t16-,20-/m1/s1. The number of carbonyl (C=O) groups excluding carboxylic acids is 1. The number of hydrogen-bond donors (Lipinski definition) is 1. The van der Waals surface area contributed by atoms with E-state index in [-0.39, 0.29) is 5.91 Å². The van der Waals surface area contributed by atoms with Crippen molar-refractivity contribution in [1.82, 2.24) is 9.47 Å². The van der Waals surface area contributed by atoms with Gasteiger partial charge in [0.1, 0.15) is 0 Å². The molecule has 0 saturated carbocycles. The molecule has 2 atom stereocenters. The summed E-state index contributed by atoms with van der Waals surface area (Å²) in [6.07, 6.45) is 5.47. The molecular formula is C21H29N3O. The Kier molecular flexibility index (Phi) is 5.59. The summed E-state index contributed by atoms with van der Waals surface area (Å²) in [5.74, 6) is 0.623. The van der Waals surface area contributed by atoms with E-state index in [0.717, 1.165) is 31.5 Å². The van der Waals surface area contributed by atoms with E-state index < -0.39 is 0 Å². The van der Waals surface area contributed by atoms with Crippen molar-refractivity contribution in [2.75, 3.05) is 18.4 Å². The number of nitrogens with one attached hydrogen (secondary N) is 1. The molecule has 4 heteroatoms. The van der Waals surface area contributed by atoms with Gasteiger partial charge in [-0.25, -0.2) is 0 Å². The number of rotatable bonds is 6. The maximum absolute atomic E-state index is 12.5. The molecule has 1 fully saturated rings. The van der Waals surface area contributed by atoms with Crippen molar-refractivity contribution in [2.24, 2.45) is 7.05 Å². The SMILES string of the molecule is CC[C@@H](C)c1ccc(NC(=O)CN2CCC[C@@H]2c2cccn2C)cc1. The van der Waals surface area contributed by atoms with E-state index in [1.165, 1.54) is 11.3 Å². The molecule has 1 aliphatic heterocycles. The summed E-state index contributed by atoms with van der Waals surface area (Å²) in [6.45, 7) is 5.85. The van der Waals surface area contributed by atoms with E-state index in [2.05, 4.69) is 66.1 Å². The van der Waals surface area contributed by atoms with Crippen molar-refractivity contribution in [3.8, 4) is 0 Å². The Bertz CT molecular complexity index is 704. The zero-order valence-electron chi connectivity index (χ0n) is 15.5. The van der Waals surface area contributed by atoms with Gasteiger partial charge in [0, 0.05) is 24.6 Å². The third-order valence-corrected chi connectivity index (χ3v) is 5.41. The highest BCUT2D eigenvalue weighted by Crippen LogP contribution is 2.31. The minimum Gasteiger partial charge on any atom is -0.353 e. The smallest absolute Gasteiger partial charge is 0.238 e. The number of likely N-dealkylation sites (tertiary alicyclic amines) is 1. The van der Waals surface area contributed by atoms with Crippen molar-refractivity contribution < 1.29 is 4.79 Å². The summed E-state index contributed by atoms with van der Waals surface area (Å²) >= 11 is 0. The first-order chi connectivity index (χ1) is 12.1. The van der Waals surface area contributed by atoms with Crippen LogP contribution < -0.4 is 5.32 Å². The summed E-state index contributed by atoms with van der Waals surface area (Å²) < 4.78 is 2.16. The van der Waals surface area contributed by atoms with Crippen LogP contribution in [0.2, 0.25) is 0 Å². The molecule has 3 rings (SSSR count). The molecule has 2 aromatic rings. The maximum Gasteiger partial charge on any atom is 0.238 e. The van der Waals surface area contributed by atoms with Gasteiger partial charge < -0.3 is 9.88 Å². The van der Waals surface area contributed by atoms with E-state index >= 15 is 0 Å². The predicted molar refractivity (Wildman–Crippen MR) is 103 cm³/mol. The van der Waals surface area contributed by atoms with Crippen molar-refractivity contribution >= 4 is 11.6 Å². The minimum atomic E-state index is 0.0670. The van der Waals surface area contributed by atoms with Gasteiger partial charge in [-0.05, 0) is 61.6 Å². The molecule has 1 N–H and O–H groups in total. The Morgan fingerprint density at radius 1 is 1.28 bits per heavy atom. The number of aromatic nitrogens is 1. The fraction of sp³-hybridized carbons (Fsp3) is 0.476. The van der Waals surface area contributed by atoms with Crippen LogP contribution in [0.1, 0.15) is 56.3 Å². The lowest BCUT2D eigenvalue weighted by molar-refractivity contribution is -0.117. The minimum absolute atomic E-state index is 0.0670. The monoisotopic (exact) mass is 339 g/mol. The van der Waals surface area contributed by atoms with Gasteiger partial charge in [0.2, 0.25) is 5.91 Å². The molecule has 1 aromatic carbocycles. The number of hydrogen-bond acceptors (Lipinski definition) is 2. The second kappa shape index (κ2) is 7.87. The van der Waals surface area contributed by atoms with Gasteiger partial charge in [0.25, 0.3) is 0 Å². The summed E-state index contributed by atoms with van der Waals surface area (Å²) in [5.41, 5.74) is 3.50. The summed E-state index contributed by atoms with van der Waals surface area (Å²) in [4.78, 5) is 14.8. The van der Waals surface area contributed by atoms with E-state index in [0.29, 0.717) is 18.5 Å². The van der Waals surface area contributed by atoms with Crippen LogP contribution in [-0.4, -0.2) is 28.5 Å². The first kappa shape index (κ1) is 17.7. The highest BCUT2D eigenvalue weighted by Gasteiger charge is 2.28. The van der Waals surface area contributed by atoms with Gasteiger partial charge in [-0.3, -0.25) is 9.69 Å². The second-order valence-electron chi connectivity index (χ2n) is 7.15. The van der Waals surface area contributed by atoms with Gasteiger partial charge in [-0.1, -0.05) is 26.0 Å². The van der Waals surface area contributed by atoms with Crippen molar-refractivity contribution in [3.63, 3.8) is 0 Å². The van der Waals surface area contributed by atoms with Gasteiger partial charge in [-0.15, -0.1) is 0 Å². The Morgan fingerprint density at radius 3 is 2.68 bits per heavy atom. The number of amides is 1. The third-order valence-electron chi connectivity index (χ3n) is 5.41. The van der Waals surface area contributed by atoms with E-state index in [9.17, 15) is 4.79 Å². The van der Waals surface area contributed by atoms with Crippen LogP contribution in [0.25, 0.3) is 0 Å². The molecule has 0 aliphatic carbocycles. The lowest BCUT2D eigenvalue weighted by Gasteiger charge is -2.24. The molecule has 25 heavy (non-hydrogen) atoms. The third kappa shape index (κ3) is 4.13. The largest absolute Gasteiger partial charge is 0.353 e. The summed E-state index contributed by atoms with van der Waals surface area (Å²) in [5, 5.41) is 3.05. The lowest BCUT2D eigenvalue weighted by atomic mass is 9.99. The van der Waals surface area contributed by atoms with Crippen LogP contribution in [0, 0.1) is 0 Å². The van der Waals surface area contributed by atoms with Crippen molar-refractivity contribution in [2.45, 2.75) is 45.1 Å². The number of anilines is 1. The van der Waals surface area contributed by atoms with Crippen LogP contribution in [0.4, 0.5) is 5.69 Å². The van der Waals surface area contributed by atoms with E-state index in [1.54, 1.807) is 0 Å². The van der Waals surface area contributed by atoms with Crippen LogP contribution >= 0.6 is 0 Å². The molecule has 4 nitrogen and oxygen atoms in total. The van der Waals surface area contributed by atoms with E-state index in [4.69, 9.17) is 0 Å². The molecule has 1 aromatic heterocycles. The molecule has 1 aliphatic rings. The number of nitrogens with zero attached hydrogens (tertiary/aromatic N) is 2. The van der Waals surface area contributed by atoms with Gasteiger partial charge in [0.15, 0.2) is 0 Å². The van der Waals surface area contributed by atoms with Crippen molar-refractivity contribution in [3.05, 3.63) is 53.9 Å². The molecule has 1 amide bonds. The average molecular weight is 339 g/mol. The fourth-order valence-corrected chi connectivity index (χ4v) is 3.69. The normalized spacial score (nSPS) is 19.1. The number of carbonyl (C=O) groups is 1. The maximum atomic E-state index is 12.5. The van der Waals surface area contributed by atoms with E-state index in [1.807, 2.05) is 12.1 Å². The molecule has 1 saturated heterocycles. The molecule has 2 heterocycles. The van der Waals surface area contributed by atoms with Crippen LogP contribution in [0.15, 0.2) is 42.6 Å². The van der Waals surface area contributed by atoms with Gasteiger partial charge in [-0.2, -0.15) is 0 Å². The molecule has 134 valence electrons. The summed E-state index contributed by atoms with van der Waals surface area (Å²) in [6, 6.07) is 12.8. The predicted octanol–water partition coefficient (Wildman–Crippen LogP) is 4.31. The first-order valence-corrected chi connectivity index (χ1v) is 9.33. The quantitative estimate of drug-likeness (QED) is 0.851. The fourth-order valence-electron chi connectivity index (χ4n) is 3.69. The zero-order valence-corrected chi connectivity index (χ0v) is 15.5. The molecule has 0 unspecified atom stereocenters. The highest BCUT2D eigenvalue weighted by atomic mass is 16.2. The van der Waals surface area contributed by atoms with Crippen LogP contribution in [0.5, 0.6) is 0 Å². The Labute approximate surface area is 150 Å². The molecule has 0 radical (unpaired) electrons. The second-order valence-corrected chi connectivity index (χ2v) is 7.15. The lowest BCUT2D eigenvalue weighted by Crippen LogP contribution is -2.33. The average Bonchev–Trinajstić information content (AvgIpc) is 3.23. The zero-order chi connectivity index (χ0) is 17.8. The van der Waals surface area contributed by atoms with Crippen LogP contribution in [-0.2, 0) is 11.8 Å². The Balaban J connectivity index is 1.59. The molecular weight excluding hydrogens is 310 g/mol.